The minimum atomic E-state index is -0.378. The fourth-order valence-electron chi connectivity index (χ4n) is 3.45. The lowest BCUT2D eigenvalue weighted by Crippen LogP contribution is -2.25. The average molecular weight is 464 g/mol. The molecule has 3 aromatic rings. The second-order valence-corrected chi connectivity index (χ2v) is 7.84. The molecule has 1 heterocycles. The number of carbonyl (C=O) groups is 2. The molecule has 0 saturated heterocycles. The van der Waals surface area contributed by atoms with Gasteiger partial charge in [0.05, 0.1) is 33.6 Å². The van der Waals surface area contributed by atoms with Gasteiger partial charge in [0, 0.05) is 5.57 Å². The van der Waals surface area contributed by atoms with E-state index in [-0.39, 0.29) is 11.9 Å². The first-order chi connectivity index (χ1) is 15.5. The number of ether oxygens (including phenoxy) is 1. The van der Waals surface area contributed by atoms with Crippen LogP contribution in [0, 0.1) is 0 Å². The number of rotatable bonds is 5. The van der Waals surface area contributed by atoms with Crippen LogP contribution in [0.5, 0.6) is 0 Å². The van der Waals surface area contributed by atoms with Crippen molar-refractivity contribution in [2.24, 2.45) is 0 Å². The molecular weight excluding hydrogens is 445 g/mol. The molecule has 0 atom stereocenters. The first-order valence-electron chi connectivity index (χ1n) is 10.0. The van der Waals surface area contributed by atoms with E-state index in [1.165, 1.54) is 0 Å². The van der Waals surface area contributed by atoms with Crippen molar-refractivity contribution < 1.29 is 14.3 Å². The molecule has 1 amide bonds. The van der Waals surface area contributed by atoms with Crippen LogP contribution in [0.4, 0.5) is 5.69 Å². The third kappa shape index (κ3) is 4.33. The first kappa shape index (κ1) is 21.9. The Kier molecular flexibility index (Phi) is 6.45. The van der Waals surface area contributed by atoms with Gasteiger partial charge >= 0.3 is 5.97 Å². The van der Waals surface area contributed by atoms with Crippen molar-refractivity contribution in [1.82, 2.24) is 0 Å². The molecule has 1 aliphatic rings. The summed E-state index contributed by atoms with van der Waals surface area (Å²) < 4.78 is 5.02. The minimum absolute atomic E-state index is 0.220. The van der Waals surface area contributed by atoms with E-state index in [0.29, 0.717) is 39.2 Å². The molecule has 6 heteroatoms. The van der Waals surface area contributed by atoms with Crippen LogP contribution in [0.2, 0.25) is 10.0 Å². The average Bonchev–Trinajstić information content (AvgIpc) is 3.13. The molecule has 0 saturated carbocycles. The van der Waals surface area contributed by atoms with E-state index >= 15 is 0 Å². The molecule has 4 nitrogen and oxygen atoms in total. The normalized spacial score (nSPS) is 14.6. The zero-order chi connectivity index (χ0) is 22.7. The Morgan fingerprint density at radius 1 is 0.969 bits per heavy atom. The van der Waals surface area contributed by atoms with E-state index in [4.69, 9.17) is 27.9 Å². The zero-order valence-corrected chi connectivity index (χ0v) is 18.7. The molecule has 0 N–H and O–H groups in total. The van der Waals surface area contributed by atoms with Gasteiger partial charge in [0.2, 0.25) is 0 Å². The number of amides is 1. The summed E-state index contributed by atoms with van der Waals surface area (Å²) in [6.07, 6.45) is 3.60. The predicted octanol–water partition coefficient (Wildman–Crippen LogP) is 6.64. The molecule has 0 bridgehead atoms. The molecule has 0 aromatic heterocycles. The van der Waals surface area contributed by atoms with Gasteiger partial charge in [-0.3, -0.25) is 9.69 Å². The fourth-order valence-corrected chi connectivity index (χ4v) is 3.83. The zero-order valence-electron chi connectivity index (χ0n) is 17.2. The van der Waals surface area contributed by atoms with Crippen LogP contribution in [0.25, 0.3) is 11.8 Å². The smallest absolute Gasteiger partial charge is 0.338 e. The van der Waals surface area contributed by atoms with Gasteiger partial charge in [-0.25, -0.2) is 4.79 Å². The van der Waals surface area contributed by atoms with E-state index < -0.39 is 0 Å². The Morgan fingerprint density at radius 2 is 1.69 bits per heavy atom. The van der Waals surface area contributed by atoms with Gasteiger partial charge in [-0.1, -0.05) is 71.7 Å². The molecular formula is C26H19Cl2NO3. The van der Waals surface area contributed by atoms with Crippen LogP contribution >= 0.6 is 23.2 Å². The van der Waals surface area contributed by atoms with Crippen LogP contribution in [0.1, 0.15) is 28.4 Å². The van der Waals surface area contributed by atoms with Crippen LogP contribution in [0.3, 0.4) is 0 Å². The number of hydrogen-bond acceptors (Lipinski definition) is 3. The number of benzene rings is 3. The molecule has 0 unspecified atom stereocenters. The SMILES string of the molecule is CCOC(=O)c1ccc(/C=C2/C=C(c3ccccc3)N(c3cccc(Cl)c3Cl)C2=O)cc1. The topological polar surface area (TPSA) is 46.6 Å². The number of nitrogens with zero attached hydrogens (tertiary/aromatic N) is 1. The Bertz CT molecular complexity index is 1230. The summed E-state index contributed by atoms with van der Waals surface area (Å²) in [5, 5.41) is 0.681. The number of carbonyl (C=O) groups excluding carboxylic acids is 2. The number of esters is 1. The second-order valence-electron chi connectivity index (χ2n) is 7.05. The number of anilines is 1. The highest BCUT2D eigenvalue weighted by molar-refractivity contribution is 6.44. The highest BCUT2D eigenvalue weighted by Gasteiger charge is 2.32. The molecule has 1 aliphatic heterocycles. The van der Waals surface area contributed by atoms with Gasteiger partial charge in [-0.2, -0.15) is 0 Å². The Labute approximate surface area is 196 Å². The van der Waals surface area contributed by atoms with E-state index in [9.17, 15) is 9.59 Å². The molecule has 0 radical (unpaired) electrons. The van der Waals surface area contributed by atoms with Crippen molar-refractivity contribution >= 4 is 52.5 Å². The van der Waals surface area contributed by atoms with Gasteiger partial charge < -0.3 is 4.74 Å². The summed E-state index contributed by atoms with van der Waals surface area (Å²) in [5.41, 5.74) is 3.82. The summed E-state index contributed by atoms with van der Waals surface area (Å²) in [4.78, 5) is 26.9. The lowest BCUT2D eigenvalue weighted by Gasteiger charge is -2.22. The summed E-state index contributed by atoms with van der Waals surface area (Å²) in [5.74, 6) is -0.598. The number of halogens is 2. The molecule has 0 aliphatic carbocycles. The van der Waals surface area contributed by atoms with Crippen LogP contribution in [-0.2, 0) is 9.53 Å². The quantitative estimate of drug-likeness (QED) is 0.314. The van der Waals surface area contributed by atoms with Gasteiger partial charge in [-0.05, 0) is 54.5 Å². The van der Waals surface area contributed by atoms with Gasteiger partial charge in [0.25, 0.3) is 5.91 Å². The Balaban J connectivity index is 1.75. The highest BCUT2D eigenvalue weighted by Crippen LogP contribution is 2.41. The summed E-state index contributed by atoms with van der Waals surface area (Å²) in [6, 6.07) is 21.7. The van der Waals surface area contributed by atoms with Crippen molar-refractivity contribution in [3.05, 3.63) is 111 Å². The lowest BCUT2D eigenvalue weighted by atomic mass is 10.1. The Hall–Kier alpha value is -3.34. The maximum atomic E-state index is 13.4. The van der Waals surface area contributed by atoms with Gasteiger partial charge in [0.1, 0.15) is 0 Å². The molecule has 32 heavy (non-hydrogen) atoms. The van der Waals surface area contributed by atoms with Crippen molar-refractivity contribution in [2.45, 2.75) is 6.92 Å². The maximum absolute atomic E-state index is 13.4. The van der Waals surface area contributed by atoms with Crippen molar-refractivity contribution in [1.29, 1.82) is 0 Å². The predicted molar refractivity (Wildman–Crippen MR) is 129 cm³/mol. The summed E-state index contributed by atoms with van der Waals surface area (Å²) >= 11 is 12.7. The standard InChI is InChI=1S/C26H19Cl2NO3/c1-2-32-26(31)19-13-11-17(12-14-19)15-20-16-23(18-7-4-3-5-8-18)29(25(20)30)22-10-6-9-21(27)24(22)28/h3-16H,2H2,1H3/b20-15-. The van der Waals surface area contributed by atoms with Crippen LogP contribution < -0.4 is 4.90 Å². The van der Waals surface area contributed by atoms with Gasteiger partial charge in [-0.15, -0.1) is 0 Å². The second kappa shape index (κ2) is 9.43. The minimum Gasteiger partial charge on any atom is -0.462 e. The first-order valence-corrected chi connectivity index (χ1v) is 10.8. The maximum Gasteiger partial charge on any atom is 0.338 e. The highest BCUT2D eigenvalue weighted by atomic mass is 35.5. The Morgan fingerprint density at radius 3 is 2.38 bits per heavy atom. The summed E-state index contributed by atoms with van der Waals surface area (Å²) in [6.45, 7) is 2.07. The largest absolute Gasteiger partial charge is 0.462 e. The number of hydrogen-bond donors (Lipinski definition) is 0. The van der Waals surface area contributed by atoms with Crippen LogP contribution in [0.15, 0.2) is 84.4 Å². The summed E-state index contributed by atoms with van der Waals surface area (Å²) in [7, 11) is 0. The van der Waals surface area contributed by atoms with E-state index in [0.717, 1.165) is 11.1 Å². The third-order valence-corrected chi connectivity index (χ3v) is 5.78. The molecule has 0 spiro atoms. The monoisotopic (exact) mass is 463 g/mol. The van der Waals surface area contributed by atoms with E-state index in [1.54, 1.807) is 60.4 Å². The molecule has 160 valence electrons. The fraction of sp³-hybridized carbons (Fsp3) is 0.0769. The molecule has 4 rings (SSSR count). The lowest BCUT2D eigenvalue weighted by molar-refractivity contribution is -0.113. The van der Waals surface area contributed by atoms with Gasteiger partial charge in [0.15, 0.2) is 0 Å². The van der Waals surface area contributed by atoms with E-state index in [1.807, 2.05) is 36.4 Å². The van der Waals surface area contributed by atoms with Crippen molar-refractivity contribution in [3.63, 3.8) is 0 Å². The molecule has 3 aromatic carbocycles. The van der Waals surface area contributed by atoms with Crippen LogP contribution in [-0.4, -0.2) is 18.5 Å². The third-order valence-electron chi connectivity index (χ3n) is 4.97. The molecule has 0 fully saturated rings. The van der Waals surface area contributed by atoms with Crippen molar-refractivity contribution in [2.75, 3.05) is 11.5 Å². The van der Waals surface area contributed by atoms with Crippen molar-refractivity contribution in [3.8, 4) is 0 Å². The van der Waals surface area contributed by atoms with E-state index in [2.05, 4.69) is 0 Å².